The van der Waals surface area contributed by atoms with E-state index in [1.165, 1.54) is 11.3 Å². The summed E-state index contributed by atoms with van der Waals surface area (Å²) in [5.41, 5.74) is 0. The Morgan fingerprint density at radius 1 is 1.60 bits per heavy atom. The zero-order valence-electron chi connectivity index (χ0n) is 9.70. The average Bonchev–Trinajstić information content (AvgIpc) is 2.76. The van der Waals surface area contributed by atoms with E-state index in [1.54, 1.807) is 0 Å². The van der Waals surface area contributed by atoms with Crippen molar-refractivity contribution in [1.82, 2.24) is 5.32 Å². The van der Waals surface area contributed by atoms with Gasteiger partial charge >= 0.3 is 0 Å². The molecular formula is C13H21NS. The smallest absolute Gasteiger partial charge is 0.0414 e. The highest BCUT2D eigenvalue weighted by Crippen LogP contribution is 2.22. The molecular weight excluding hydrogens is 202 g/mol. The van der Waals surface area contributed by atoms with E-state index in [0.717, 1.165) is 12.8 Å². The molecule has 1 nitrogen and oxygen atoms in total. The molecule has 84 valence electrons. The van der Waals surface area contributed by atoms with Gasteiger partial charge in [-0.1, -0.05) is 19.1 Å². The Morgan fingerprint density at radius 3 is 2.93 bits per heavy atom. The van der Waals surface area contributed by atoms with E-state index < -0.39 is 0 Å². The Labute approximate surface area is 97.2 Å². The van der Waals surface area contributed by atoms with Gasteiger partial charge in [-0.3, -0.25) is 0 Å². The molecule has 1 heterocycles. The Hall–Kier alpha value is -0.600. The van der Waals surface area contributed by atoms with Crippen LogP contribution in [0.3, 0.4) is 0 Å². The predicted octanol–water partition coefficient (Wildman–Crippen LogP) is 4.14. The third-order valence-corrected chi connectivity index (χ3v) is 3.57. The summed E-state index contributed by atoms with van der Waals surface area (Å²) in [6.45, 7) is 8.24. The summed E-state index contributed by atoms with van der Waals surface area (Å²) in [6.07, 6.45) is 5.41. The lowest BCUT2D eigenvalue weighted by molar-refractivity contribution is 0.433. The zero-order chi connectivity index (χ0) is 11.1. The number of hydrogen-bond donors (Lipinski definition) is 1. The molecule has 1 N–H and O–H groups in total. The molecule has 0 aromatic carbocycles. The second-order valence-electron chi connectivity index (χ2n) is 3.91. The van der Waals surface area contributed by atoms with E-state index in [9.17, 15) is 0 Å². The van der Waals surface area contributed by atoms with Crippen LogP contribution in [0.2, 0.25) is 0 Å². The summed E-state index contributed by atoms with van der Waals surface area (Å²) in [7, 11) is 0. The van der Waals surface area contributed by atoms with Crippen molar-refractivity contribution in [3.05, 3.63) is 35.0 Å². The van der Waals surface area contributed by atoms with E-state index in [1.807, 2.05) is 17.4 Å². The van der Waals surface area contributed by atoms with E-state index in [0.29, 0.717) is 12.1 Å². The standard InChI is InChI=1S/C13H21NS/c1-4-6-8-11(3)14-12(5-2)13-9-7-10-15-13/h4,7,9-12,14H,1,5-6,8H2,2-3H3. The first kappa shape index (κ1) is 12.5. The third-order valence-electron chi connectivity index (χ3n) is 2.58. The van der Waals surface area contributed by atoms with Gasteiger partial charge in [0.25, 0.3) is 0 Å². The number of nitrogens with one attached hydrogen (secondary N) is 1. The molecule has 0 saturated carbocycles. The minimum absolute atomic E-state index is 0.518. The molecule has 2 heteroatoms. The van der Waals surface area contributed by atoms with E-state index >= 15 is 0 Å². The van der Waals surface area contributed by atoms with Gasteiger partial charge in [-0.2, -0.15) is 0 Å². The third kappa shape index (κ3) is 4.18. The maximum absolute atomic E-state index is 3.76. The molecule has 0 bridgehead atoms. The van der Waals surface area contributed by atoms with Crippen molar-refractivity contribution in [2.24, 2.45) is 0 Å². The van der Waals surface area contributed by atoms with Gasteiger partial charge in [0.1, 0.15) is 0 Å². The predicted molar refractivity (Wildman–Crippen MR) is 69.4 cm³/mol. The quantitative estimate of drug-likeness (QED) is 0.685. The fraction of sp³-hybridized carbons (Fsp3) is 0.538. The Balaban J connectivity index is 2.43. The molecule has 0 aliphatic heterocycles. The van der Waals surface area contributed by atoms with Gasteiger partial charge in [0.2, 0.25) is 0 Å². The largest absolute Gasteiger partial charge is 0.307 e. The first-order valence-corrected chi connectivity index (χ1v) is 6.56. The van der Waals surface area contributed by atoms with Crippen LogP contribution >= 0.6 is 11.3 Å². The van der Waals surface area contributed by atoms with Crippen molar-refractivity contribution in [3.63, 3.8) is 0 Å². The van der Waals surface area contributed by atoms with Crippen molar-refractivity contribution >= 4 is 11.3 Å². The molecule has 2 unspecified atom stereocenters. The molecule has 1 rings (SSSR count). The highest BCUT2D eigenvalue weighted by molar-refractivity contribution is 7.10. The van der Waals surface area contributed by atoms with Crippen LogP contribution in [0.4, 0.5) is 0 Å². The van der Waals surface area contributed by atoms with Crippen molar-refractivity contribution in [3.8, 4) is 0 Å². The van der Waals surface area contributed by atoms with Gasteiger partial charge in [0.05, 0.1) is 0 Å². The molecule has 0 radical (unpaired) electrons. The second kappa shape index (κ2) is 6.81. The Kier molecular flexibility index (Phi) is 5.66. The zero-order valence-corrected chi connectivity index (χ0v) is 10.5. The Morgan fingerprint density at radius 2 is 2.40 bits per heavy atom. The maximum atomic E-state index is 3.76. The summed E-state index contributed by atoms with van der Waals surface area (Å²) < 4.78 is 0. The van der Waals surface area contributed by atoms with E-state index in [4.69, 9.17) is 0 Å². The summed E-state index contributed by atoms with van der Waals surface area (Å²) in [4.78, 5) is 1.45. The first-order chi connectivity index (χ1) is 7.27. The van der Waals surface area contributed by atoms with Crippen molar-refractivity contribution in [2.45, 2.75) is 45.2 Å². The monoisotopic (exact) mass is 223 g/mol. The molecule has 0 aliphatic carbocycles. The normalized spacial score (nSPS) is 14.8. The number of allylic oxidation sites excluding steroid dienone is 1. The van der Waals surface area contributed by atoms with Crippen LogP contribution in [-0.2, 0) is 0 Å². The van der Waals surface area contributed by atoms with Gasteiger partial charge in [0.15, 0.2) is 0 Å². The lowest BCUT2D eigenvalue weighted by Gasteiger charge is -2.21. The maximum Gasteiger partial charge on any atom is 0.0414 e. The number of thiophene rings is 1. The topological polar surface area (TPSA) is 12.0 Å². The molecule has 0 aliphatic rings. The van der Waals surface area contributed by atoms with Crippen LogP contribution < -0.4 is 5.32 Å². The van der Waals surface area contributed by atoms with E-state index in [2.05, 4.69) is 43.3 Å². The molecule has 0 saturated heterocycles. The summed E-state index contributed by atoms with van der Waals surface area (Å²) in [5, 5.41) is 5.81. The lowest BCUT2D eigenvalue weighted by Crippen LogP contribution is -2.29. The SMILES string of the molecule is C=CCCC(C)NC(CC)c1cccs1. The van der Waals surface area contributed by atoms with Crippen LogP contribution in [0.5, 0.6) is 0 Å². The van der Waals surface area contributed by atoms with Gasteiger partial charge in [0, 0.05) is 17.0 Å². The fourth-order valence-electron chi connectivity index (χ4n) is 1.69. The summed E-state index contributed by atoms with van der Waals surface area (Å²) in [6, 6.07) is 5.42. The second-order valence-corrected chi connectivity index (χ2v) is 4.89. The summed E-state index contributed by atoms with van der Waals surface area (Å²) >= 11 is 1.84. The van der Waals surface area contributed by atoms with Crippen LogP contribution in [0, 0.1) is 0 Å². The van der Waals surface area contributed by atoms with Gasteiger partial charge in [-0.05, 0) is 37.6 Å². The average molecular weight is 223 g/mol. The van der Waals surface area contributed by atoms with Crippen LogP contribution in [-0.4, -0.2) is 6.04 Å². The van der Waals surface area contributed by atoms with Crippen LogP contribution in [0.1, 0.15) is 44.0 Å². The highest BCUT2D eigenvalue weighted by atomic mass is 32.1. The van der Waals surface area contributed by atoms with Gasteiger partial charge in [-0.25, -0.2) is 0 Å². The minimum Gasteiger partial charge on any atom is -0.307 e. The lowest BCUT2D eigenvalue weighted by atomic mass is 10.1. The molecule has 0 spiro atoms. The molecule has 1 aromatic rings. The summed E-state index contributed by atoms with van der Waals surface area (Å²) in [5.74, 6) is 0. The molecule has 15 heavy (non-hydrogen) atoms. The minimum atomic E-state index is 0.518. The number of hydrogen-bond acceptors (Lipinski definition) is 2. The first-order valence-electron chi connectivity index (χ1n) is 5.68. The van der Waals surface area contributed by atoms with Crippen molar-refractivity contribution in [1.29, 1.82) is 0 Å². The molecule has 0 amide bonds. The molecule has 2 atom stereocenters. The number of rotatable bonds is 7. The van der Waals surface area contributed by atoms with Crippen LogP contribution in [0.25, 0.3) is 0 Å². The van der Waals surface area contributed by atoms with Crippen LogP contribution in [0.15, 0.2) is 30.2 Å². The highest BCUT2D eigenvalue weighted by Gasteiger charge is 2.12. The van der Waals surface area contributed by atoms with Crippen molar-refractivity contribution in [2.75, 3.05) is 0 Å². The van der Waals surface area contributed by atoms with Gasteiger partial charge < -0.3 is 5.32 Å². The fourth-order valence-corrected chi connectivity index (χ4v) is 2.56. The van der Waals surface area contributed by atoms with Gasteiger partial charge in [-0.15, -0.1) is 17.9 Å². The van der Waals surface area contributed by atoms with E-state index in [-0.39, 0.29) is 0 Å². The molecule has 0 fully saturated rings. The van der Waals surface area contributed by atoms with Crippen molar-refractivity contribution < 1.29 is 0 Å². The molecule has 1 aromatic heterocycles. The Bertz CT molecular complexity index is 266.